The molecule has 2 aromatic rings. The number of carbonyl (C=O) groups excluding carboxylic acids is 1. The van der Waals surface area contributed by atoms with Crippen molar-refractivity contribution < 1.29 is 13.9 Å². The van der Waals surface area contributed by atoms with Crippen molar-refractivity contribution in [3.8, 4) is 5.69 Å². The van der Waals surface area contributed by atoms with Crippen LogP contribution in [-0.4, -0.2) is 22.9 Å². The number of ether oxygens (including phenoxy) is 1. The van der Waals surface area contributed by atoms with Gasteiger partial charge in [0.05, 0.1) is 12.1 Å². The van der Waals surface area contributed by atoms with Crippen LogP contribution in [0.25, 0.3) is 5.69 Å². The predicted octanol–water partition coefficient (Wildman–Crippen LogP) is 2.76. The second kappa shape index (κ2) is 4.78. The molecule has 0 fully saturated rings. The van der Waals surface area contributed by atoms with Crippen molar-refractivity contribution in [1.29, 1.82) is 0 Å². The fraction of sp³-hybridized carbons (Fsp3) is 0.167. The normalized spacial score (nSPS) is 10.4. The minimum Gasteiger partial charge on any atom is -0.464 e. The van der Waals surface area contributed by atoms with Crippen LogP contribution in [0, 0.1) is 12.7 Å². The van der Waals surface area contributed by atoms with E-state index in [-0.39, 0.29) is 16.4 Å². The highest BCUT2D eigenvalue weighted by Crippen LogP contribution is 2.24. The summed E-state index contributed by atoms with van der Waals surface area (Å²) in [7, 11) is 1.26. The Kier molecular flexibility index (Phi) is 3.34. The molecule has 6 heteroatoms. The van der Waals surface area contributed by atoms with Gasteiger partial charge in [0, 0.05) is 5.69 Å². The van der Waals surface area contributed by atoms with E-state index in [9.17, 15) is 9.18 Å². The SMILES string of the molecule is COC(=O)c1cc(C)n(-c2c(F)cccc2Cl)n1. The van der Waals surface area contributed by atoms with Gasteiger partial charge in [0.1, 0.15) is 11.5 Å². The average molecular weight is 269 g/mol. The third kappa shape index (κ3) is 2.09. The molecule has 4 nitrogen and oxygen atoms in total. The van der Waals surface area contributed by atoms with E-state index in [2.05, 4.69) is 9.84 Å². The summed E-state index contributed by atoms with van der Waals surface area (Å²) in [4.78, 5) is 11.4. The molecule has 0 saturated heterocycles. The van der Waals surface area contributed by atoms with Gasteiger partial charge in [-0.3, -0.25) is 0 Å². The number of methoxy groups -OCH3 is 1. The summed E-state index contributed by atoms with van der Waals surface area (Å²) < 4.78 is 19.6. The number of nitrogens with zero attached hydrogens (tertiary/aromatic N) is 2. The third-order valence-corrected chi connectivity index (χ3v) is 2.74. The zero-order valence-corrected chi connectivity index (χ0v) is 10.5. The summed E-state index contributed by atoms with van der Waals surface area (Å²) >= 11 is 5.94. The quantitative estimate of drug-likeness (QED) is 0.787. The number of rotatable bonds is 2. The van der Waals surface area contributed by atoms with Crippen LogP contribution >= 0.6 is 11.6 Å². The summed E-state index contributed by atoms with van der Waals surface area (Å²) in [5.41, 5.74) is 0.809. The molecule has 0 N–H and O–H groups in total. The molecule has 0 aliphatic rings. The molecule has 0 bridgehead atoms. The molecule has 0 spiro atoms. The maximum atomic E-state index is 13.7. The third-order valence-electron chi connectivity index (χ3n) is 2.43. The number of hydrogen-bond donors (Lipinski definition) is 0. The Morgan fingerprint density at radius 3 is 2.83 bits per heavy atom. The summed E-state index contributed by atoms with van der Waals surface area (Å²) in [5, 5.41) is 4.21. The zero-order chi connectivity index (χ0) is 13.3. The van der Waals surface area contributed by atoms with E-state index in [1.165, 1.54) is 30.0 Å². The Balaban J connectivity index is 2.58. The van der Waals surface area contributed by atoms with Gasteiger partial charge >= 0.3 is 5.97 Å². The number of halogens is 2. The summed E-state index contributed by atoms with van der Waals surface area (Å²) in [6.45, 7) is 1.70. The van der Waals surface area contributed by atoms with Gasteiger partial charge in [-0.2, -0.15) is 5.10 Å². The molecule has 0 unspecified atom stereocenters. The second-order valence-electron chi connectivity index (χ2n) is 3.64. The van der Waals surface area contributed by atoms with E-state index in [0.29, 0.717) is 5.69 Å². The number of hydrogen-bond acceptors (Lipinski definition) is 3. The van der Waals surface area contributed by atoms with Crippen LogP contribution in [0.15, 0.2) is 24.3 Å². The smallest absolute Gasteiger partial charge is 0.358 e. The molecule has 18 heavy (non-hydrogen) atoms. The van der Waals surface area contributed by atoms with Crippen molar-refractivity contribution in [1.82, 2.24) is 9.78 Å². The molecule has 1 aromatic heterocycles. The summed E-state index contributed by atoms with van der Waals surface area (Å²) in [6.07, 6.45) is 0. The standard InChI is InChI=1S/C12H10ClFN2O2/c1-7-6-10(12(17)18-2)15-16(7)11-8(13)4-3-5-9(11)14/h3-6H,1-2H3. The Labute approximate surface area is 108 Å². The van der Waals surface area contributed by atoms with Gasteiger partial charge in [-0.25, -0.2) is 13.9 Å². The van der Waals surface area contributed by atoms with Crippen molar-refractivity contribution >= 4 is 17.6 Å². The lowest BCUT2D eigenvalue weighted by atomic mass is 10.3. The number of aromatic nitrogens is 2. The zero-order valence-electron chi connectivity index (χ0n) is 9.78. The molecule has 1 heterocycles. The topological polar surface area (TPSA) is 44.1 Å². The van der Waals surface area contributed by atoms with Crippen LogP contribution in [0.1, 0.15) is 16.2 Å². The monoisotopic (exact) mass is 268 g/mol. The number of para-hydroxylation sites is 1. The fourth-order valence-corrected chi connectivity index (χ4v) is 1.84. The van der Waals surface area contributed by atoms with E-state index >= 15 is 0 Å². The first-order valence-corrected chi connectivity index (χ1v) is 5.51. The lowest BCUT2D eigenvalue weighted by Crippen LogP contribution is -2.06. The Morgan fingerprint density at radius 1 is 1.50 bits per heavy atom. The van der Waals surface area contributed by atoms with Gasteiger partial charge in [0.15, 0.2) is 5.69 Å². The van der Waals surface area contributed by atoms with Gasteiger partial charge in [0.25, 0.3) is 0 Å². The molecule has 0 saturated carbocycles. The molecule has 94 valence electrons. The van der Waals surface area contributed by atoms with Gasteiger partial charge in [-0.15, -0.1) is 0 Å². The minimum atomic E-state index is -0.579. The maximum absolute atomic E-state index is 13.7. The first-order valence-electron chi connectivity index (χ1n) is 5.14. The van der Waals surface area contributed by atoms with Gasteiger partial charge in [0.2, 0.25) is 0 Å². The van der Waals surface area contributed by atoms with Gasteiger partial charge in [-0.1, -0.05) is 17.7 Å². The lowest BCUT2D eigenvalue weighted by molar-refractivity contribution is 0.0593. The van der Waals surface area contributed by atoms with Crippen molar-refractivity contribution in [3.05, 3.63) is 46.5 Å². The van der Waals surface area contributed by atoms with E-state index in [4.69, 9.17) is 11.6 Å². The predicted molar refractivity (Wildman–Crippen MR) is 64.6 cm³/mol. The van der Waals surface area contributed by atoms with Crippen molar-refractivity contribution in [2.75, 3.05) is 7.11 Å². The first kappa shape index (κ1) is 12.6. The number of carbonyl (C=O) groups is 1. The highest BCUT2D eigenvalue weighted by atomic mass is 35.5. The van der Waals surface area contributed by atoms with Gasteiger partial charge in [-0.05, 0) is 25.1 Å². The highest BCUT2D eigenvalue weighted by Gasteiger charge is 2.17. The van der Waals surface area contributed by atoms with Crippen LogP contribution < -0.4 is 0 Å². The van der Waals surface area contributed by atoms with Crippen LogP contribution in [0.3, 0.4) is 0 Å². The molecular weight excluding hydrogens is 259 g/mol. The van der Waals surface area contributed by atoms with Crippen LogP contribution in [0.4, 0.5) is 4.39 Å². The molecule has 1 aromatic carbocycles. The number of esters is 1. The minimum absolute atomic E-state index is 0.106. The van der Waals surface area contributed by atoms with E-state index in [1.807, 2.05) is 0 Å². The molecule has 2 rings (SSSR count). The summed E-state index contributed by atoms with van der Waals surface area (Å²) in [6, 6.07) is 5.84. The Hall–Kier alpha value is -1.88. The van der Waals surface area contributed by atoms with E-state index in [0.717, 1.165) is 0 Å². The van der Waals surface area contributed by atoms with Crippen molar-refractivity contribution in [2.45, 2.75) is 6.92 Å². The highest BCUT2D eigenvalue weighted by molar-refractivity contribution is 6.32. The van der Waals surface area contributed by atoms with E-state index in [1.54, 1.807) is 13.0 Å². The number of benzene rings is 1. The van der Waals surface area contributed by atoms with Crippen LogP contribution in [-0.2, 0) is 4.74 Å². The maximum Gasteiger partial charge on any atom is 0.358 e. The molecule has 0 atom stereocenters. The number of aryl methyl sites for hydroxylation is 1. The van der Waals surface area contributed by atoms with Crippen LogP contribution in [0.5, 0.6) is 0 Å². The molecule has 0 radical (unpaired) electrons. The first-order chi connectivity index (χ1) is 8.54. The second-order valence-corrected chi connectivity index (χ2v) is 4.05. The Bertz CT molecular complexity index is 590. The lowest BCUT2D eigenvalue weighted by Gasteiger charge is -2.07. The summed E-state index contributed by atoms with van der Waals surface area (Å²) in [5.74, 6) is -1.09. The van der Waals surface area contributed by atoms with E-state index < -0.39 is 11.8 Å². The molecular formula is C12H10ClFN2O2. The molecule has 0 amide bonds. The van der Waals surface area contributed by atoms with Crippen molar-refractivity contribution in [3.63, 3.8) is 0 Å². The molecule has 0 aliphatic heterocycles. The largest absolute Gasteiger partial charge is 0.464 e. The molecule has 0 aliphatic carbocycles. The average Bonchev–Trinajstić information content (AvgIpc) is 2.70. The van der Waals surface area contributed by atoms with Crippen molar-refractivity contribution in [2.24, 2.45) is 0 Å². The van der Waals surface area contributed by atoms with Crippen LogP contribution in [0.2, 0.25) is 5.02 Å². The Morgan fingerprint density at radius 2 is 2.22 bits per heavy atom. The fourth-order valence-electron chi connectivity index (χ4n) is 1.60. The van der Waals surface area contributed by atoms with Gasteiger partial charge < -0.3 is 4.74 Å².